The summed E-state index contributed by atoms with van der Waals surface area (Å²) in [6.45, 7) is 4.02. The second-order valence-corrected chi connectivity index (χ2v) is 5.21. The van der Waals surface area contributed by atoms with Gasteiger partial charge in [0, 0.05) is 23.5 Å². The van der Waals surface area contributed by atoms with Crippen molar-refractivity contribution in [3.63, 3.8) is 0 Å². The van der Waals surface area contributed by atoms with E-state index in [1.54, 1.807) is 0 Å². The molecule has 0 aromatic heterocycles. The zero-order valence-electron chi connectivity index (χ0n) is 10.2. The highest BCUT2D eigenvalue weighted by Crippen LogP contribution is 2.21. The number of nitrogens with zero attached hydrogens (tertiary/aromatic N) is 1. The average Bonchev–Trinajstić information content (AvgIpc) is 2.38. The normalized spacial score (nSPS) is 17.2. The molecule has 1 aromatic rings. The van der Waals surface area contributed by atoms with Gasteiger partial charge in [-0.05, 0) is 37.0 Å². The summed E-state index contributed by atoms with van der Waals surface area (Å²) in [6.07, 6.45) is 3.51. The third-order valence-electron chi connectivity index (χ3n) is 3.57. The van der Waals surface area contributed by atoms with Gasteiger partial charge in [-0.25, -0.2) is 0 Å². The lowest BCUT2D eigenvalue weighted by Crippen LogP contribution is -2.38. The van der Waals surface area contributed by atoms with Crippen LogP contribution in [0.5, 0.6) is 0 Å². The molecule has 0 atom stereocenters. The maximum absolute atomic E-state index is 12.2. The van der Waals surface area contributed by atoms with Crippen molar-refractivity contribution in [1.29, 1.82) is 0 Å². The van der Waals surface area contributed by atoms with Crippen molar-refractivity contribution in [3.8, 4) is 0 Å². The van der Waals surface area contributed by atoms with Gasteiger partial charge in [0.2, 0.25) is 0 Å². The van der Waals surface area contributed by atoms with E-state index in [2.05, 4.69) is 19.6 Å². The summed E-state index contributed by atoms with van der Waals surface area (Å²) in [6, 6.07) is 7.49. The number of hydrogen-bond donors (Lipinski definition) is 1. The average molecular weight is 249 g/mol. The van der Waals surface area contributed by atoms with Crippen molar-refractivity contribution in [1.82, 2.24) is 4.90 Å². The summed E-state index contributed by atoms with van der Waals surface area (Å²) in [7, 11) is 0. The number of piperidine rings is 1. The lowest BCUT2D eigenvalue weighted by atomic mass is 9.94. The Kier molecular flexibility index (Phi) is 4.11. The lowest BCUT2D eigenvalue weighted by Gasteiger charge is -2.31. The van der Waals surface area contributed by atoms with Crippen LogP contribution in [0.4, 0.5) is 0 Å². The van der Waals surface area contributed by atoms with Crippen LogP contribution in [0.15, 0.2) is 29.2 Å². The van der Waals surface area contributed by atoms with Gasteiger partial charge in [-0.15, -0.1) is 12.6 Å². The third kappa shape index (κ3) is 3.03. The predicted molar refractivity (Wildman–Crippen MR) is 72.6 cm³/mol. The maximum Gasteiger partial charge on any atom is 0.253 e. The molecule has 92 valence electrons. The molecule has 0 radical (unpaired) electrons. The van der Waals surface area contributed by atoms with E-state index in [1.807, 2.05) is 29.2 Å². The zero-order valence-corrected chi connectivity index (χ0v) is 11.1. The van der Waals surface area contributed by atoms with E-state index < -0.39 is 0 Å². The molecule has 17 heavy (non-hydrogen) atoms. The molecule has 3 heteroatoms. The highest BCUT2D eigenvalue weighted by molar-refractivity contribution is 7.80. The molecule has 0 spiro atoms. The number of hydrogen-bond acceptors (Lipinski definition) is 2. The van der Waals surface area contributed by atoms with E-state index in [0.717, 1.165) is 42.3 Å². The molecule has 1 aliphatic heterocycles. The molecule has 1 aliphatic rings. The number of benzene rings is 1. The molecule has 1 fully saturated rings. The van der Waals surface area contributed by atoms with Gasteiger partial charge in [-0.1, -0.05) is 19.4 Å². The van der Waals surface area contributed by atoms with E-state index in [0.29, 0.717) is 0 Å². The highest BCUT2D eigenvalue weighted by Gasteiger charge is 2.22. The number of amides is 1. The van der Waals surface area contributed by atoms with Crippen molar-refractivity contribution in [2.75, 3.05) is 13.1 Å². The fourth-order valence-corrected chi connectivity index (χ4v) is 2.59. The molecule has 0 unspecified atom stereocenters. The molecule has 0 saturated carbocycles. The largest absolute Gasteiger partial charge is 0.339 e. The van der Waals surface area contributed by atoms with Crippen LogP contribution >= 0.6 is 12.6 Å². The van der Waals surface area contributed by atoms with Crippen LogP contribution in [-0.2, 0) is 0 Å². The van der Waals surface area contributed by atoms with Gasteiger partial charge >= 0.3 is 0 Å². The van der Waals surface area contributed by atoms with Crippen molar-refractivity contribution >= 4 is 18.5 Å². The van der Waals surface area contributed by atoms with Gasteiger partial charge in [0.15, 0.2) is 0 Å². The Morgan fingerprint density at radius 3 is 2.71 bits per heavy atom. The first kappa shape index (κ1) is 12.5. The van der Waals surface area contributed by atoms with Crippen LogP contribution in [0, 0.1) is 5.92 Å². The number of carbonyl (C=O) groups excluding carboxylic acids is 1. The van der Waals surface area contributed by atoms with E-state index in [9.17, 15) is 4.79 Å². The third-order valence-corrected chi connectivity index (χ3v) is 3.85. The Morgan fingerprint density at radius 2 is 2.12 bits per heavy atom. The first-order valence-corrected chi connectivity index (χ1v) is 6.73. The van der Waals surface area contributed by atoms with E-state index in [1.165, 1.54) is 6.42 Å². The van der Waals surface area contributed by atoms with Crippen LogP contribution in [-0.4, -0.2) is 23.9 Å². The molecule has 0 aliphatic carbocycles. The Labute approximate surface area is 108 Å². The standard InChI is InChI=1S/C14H19NOS/c1-2-11-6-8-15(9-7-11)14(16)12-4-3-5-13(17)10-12/h3-5,10-11,17H,2,6-9H2,1H3. The minimum atomic E-state index is 0.149. The number of likely N-dealkylation sites (tertiary alicyclic amines) is 1. The summed E-state index contributed by atoms with van der Waals surface area (Å²) in [5.74, 6) is 0.950. The minimum Gasteiger partial charge on any atom is -0.339 e. The van der Waals surface area contributed by atoms with Gasteiger partial charge in [0.25, 0.3) is 5.91 Å². The maximum atomic E-state index is 12.2. The molecule has 0 bridgehead atoms. The van der Waals surface area contributed by atoms with Crippen molar-refractivity contribution < 1.29 is 4.79 Å². The molecule has 2 nitrogen and oxygen atoms in total. The van der Waals surface area contributed by atoms with Crippen LogP contribution in [0.25, 0.3) is 0 Å². The summed E-state index contributed by atoms with van der Waals surface area (Å²) in [4.78, 5) is 15.1. The SMILES string of the molecule is CCC1CCN(C(=O)c2cccc(S)c2)CC1. The molecule has 1 aromatic carbocycles. The minimum absolute atomic E-state index is 0.149. The highest BCUT2D eigenvalue weighted by atomic mass is 32.1. The van der Waals surface area contributed by atoms with Crippen molar-refractivity contribution in [2.45, 2.75) is 31.1 Å². The quantitative estimate of drug-likeness (QED) is 0.798. The first-order valence-electron chi connectivity index (χ1n) is 6.29. The van der Waals surface area contributed by atoms with Gasteiger partial charge < -0.3 is 4.90 Å². The van der Waals surface area contributed by atoms with Crippen molar-refractivity contribution in [2.24, 2.45) is 5.92 Å². The Balaban J connectivity index is 2.02. The number of carbonyl (C=O) groups is 1. The summed E-state index contributed by atoms with van der Waals surface area (Å²) < 4.78 is 0. The second kappa shape index (κ2) is 5.58. The number of rotatable bonds is 2. The summed E-state index contributed by atoms with van der Waals surface area (Å²) >= 11 is 4.27. The topological polar surface area (TPSA) is 20.3 Å². The summed E-state index contributed by atoms with van der Waals surface area (Å²) in [5, 5.41) is 0. The molecular weight excluding hydrogens is 230 g/mol. The molecule has 2 rings (SSSR count). The fraction of sp³-hybridized carbons (Fsp3) is 0.500. The summed E-state index contributed by atoms with van der Waals surface area (Å²) in [5.41, 5.74) is 0.757. The van der Waals surface area contributed by atoms with Gasteiger partial charge in [-0.3, -0.25) is 4.79 Å². The Morgan fingerprint density at radius 1 is 1.41 bits per heavy atom. The molecule has 1 heterocycles. The van der Waals surface area contributed by atoms with E-state index in [-0.39, 0.29) is 5.91 Å². The molecule has 1 amide bonds. The second-order valence-electron chi connectivity index (χ2n) is 4.69. The Bertz CT molecular complexity index is 397. The van der Waals surface area contributed by atoms with E-state index >= 15 is 0 Å². The molecule has 1 saturated heterocycles. The van der Waals surface area contributed by atoms with E-state index in [4.69, 9.17) is 0 Å². The Hall–Kier alpha value is -0.960. The van der Waals surface area contributed by atoms with Crippen LogP contribution in [0.1, 0.15) is 36.5 Å². The molecule has 0 N–H and O–H groups in total. The van der Waals surface area contributed by atoms with Crippen molar-refractivity contribution in [3.05, 3.63) is 29.8 Å². The van der Waals surface area contributed by atoms with Crippen LogP contribution in [0.3, 0.4) is 0 Å². The van der Waals surface area contributed by atoms with Gasteiger partial charge in [0.1, 0.15) is 0 Å². The van der Waals surface area contributed by atoms with Gasteiger partial charge in [-0.2, -0.15) is 0 Å². The lowest BCUT2D eigenvalue weighted by molar-refractivity contribution is 0.0688. The fourth-order valence-electron chi connectivity index (χ4n) is 2.37. The first-order chi connectivity index (χ1) is 8.20. The monoisotopic (exact) mass is 249 g/mol. The molecular formula is C14H19NOS. The van der Waals surface area contributed by atoms with Crippen LogP contribution in [0.2, 0.25) is 0 Å². The predicted octanol–water partition coefficient (Wildman–Crippen LogP) is 3.24. The smallest absolute Gasteiger partial charge is 0.253 e. The van der Waals surface area contributed by atoms with Crippen LogP contribution < -0.4 is 0 Å². The van der Waals surface area contributed by atoms with Gasteiger partial charge in [0.05, 0.1) is 0 Å². The zero-order chi connectivity index (χ0) is 12.3. The number of thiol groups is 1.